The number of carbonyl (C=O) groups excluding carboxylic acids is 1. The van der Waals surface area contributed by atoms with Gasteiger partial charge in [0.25, 0.3) is 0 Å². The predicted molar refractivity (Wildman–Crippen MR) is 105 cm³/mol. The zero-order valence-electron chi connectivity index (χ0n) is 15.0. The summed E-state index contributed by atoms with van der Waals surface area (Å²) in [7, 11) is 0. The number of amides is 1. The van der Waals surface area contributed by atoms with E-state index in [1.165, 1.54) is 0 Å². The molecule has 1 heterocycles. The van der Waals surface area contributed by atoms with Crippen molar-refractivity contribution < 1.29 is 14.3 Å². The highest BCUT2D eigenvalue weighted by Gasteiger charge is 2.06. The van der Waals surface area contributed by atoms with E-state index in [1.54, 1.807) is 11.3 Å². The molecule has 0 aliphatic carbocycles. The van der Waals surface area contributed by atoms with Crippen molar-refractivity contribution in [1.29, 1.82) is 0 Å². The Kier molecular flexibility index (Phi) is 6.07. The molecule has 1 aromatic heterocycles. The number of nitrogens with zero attached hydrogens (tertiary/aromatic N) is 1. The van der Waals surface area contributed by atoms with Gasteiger partial charge in [-0.05, 0) is 62.7 Å². The van der Waals surface area contributed by atoms with E-state index in [2.05, 4.69) is 10.3 Å². The number of aromatic nitrogens is 1. The Balaban J connectivity index is 1.42. The van der Waals surface area contributed by atoms with Gasteiger partial charge in [0.15, 0.2) is 0 Å². The fraction of sp³-hybridized carbons (Fsp3) is 0.300. The van der Waals surface area contributed by atoms with Crippen LogP contribution in [0.4, 0.5) is 5.69 Å². The topological polar surface area (TPSA) is 60.5 Å². The molecule has 26 heavy (non-hydrogen) atoms. The maximum Gasteiger partial charge on any atom is 0.224 e. The van der Waals surface area contributed by atoms with Crippen LogP contribution in [0.2, 0.25) is 0 Å². The molecule has 0 bridgehead atoms. The maximum atomic E-state index is 12.1. The van der Waals surface area contributed by atoms with Gasteiger partial charge in [-0.15, -0.1) is 11.3 Å². The summed E-state index contributed by atoms with van der Waals surface area (Å²) in [6.07, 6.45) is 1.07. The lowest BCUT2D eigenvalue weighted by atomic mass is 10.2. The minimum Gasteiger partial charge on any atom is -0.494 e. The van der Waals surface area contributed by atoms with E-state index < -0.39 is 0 Å². The summed E-state index contributed by atoms with van der Waals surface area (Å²) in [5.74, 6) is 1.59. The van der Waals surface area contributed by atoms with E-state index in [9.17, 15) is 4.79 Å². The summed E-state index contributed by atoms with van der Waals surface area (Å²) in [6, 6.07) is 13.3. The lowest BCUT2D eigenvalue weighted by molar-refractivity contribution is -0.116. The van der Waals surface area contributed by atoms with Gasteiger partial charge in [-0.1, -0.05) is 0 Å². The molecule has 5 nitrogen and oxygen atoms in total. The second-order valence-corrected chi connectivity index (χ2v) is 7.05. The van der Waals surface area contributed by atoms with E-state index in [4.69, 9.17) is 9.47 Å². The number of benzene rings is 2. The van der Waals surface area contributed by atoms with Crippen molar-refractivity contribution in [2.24, 2.45) is 0 Å². The molecular weight excluding hydrogens is 348 g/mol. The summed E-state index contributed by atoms with van der Waals surface area (Å²) in [4.78, 5) is 16.5. The van der Waals surface area contributed by atoms with Crippen molar-refractivity contribution in [3.8, 4) is 11.5 Å². The van der Waals surface area contributed by atoms with Crippen LogP contribution in [0.1, 0.15) is 24.8 Å². The second-order valence-electron chi connectivity index (χ2n) is 5.82. The minimum absolute atomic E-state index is 0.0131. The quantitative estimate of drug-likeness (QED) is 0.579. The maximum absolute atomic E-state index is 12.1. The highest BCUT2D eigenvalue weighted by Crippen LogP contribution is 2.25. The van der Waals surface area contributed by atoms with E-state index in [0.717, 1.165) is 32.4 Å². The molecule has 0 saturated carbocycles. The standard InChI is InChI=1S/C20H22N2O3S/c1-3-24-16-7-9-17(10-8-16)25-12-4-5-20(23)22-15-6-11-18-19(13-15)26-14(2)21-18/h6-11,13H,3-5,12H2,1-2H3,(H,22,23). The van der Waals surface area contributed by atoms with Crippen LogP contribution in [-0.2, 0) is 4.79 Å². The molecule has 6 heteroatoms. The van der Waals surface area contributed by atoms with Crippen LogP contribution < -0.4 is 14.8 Å². The minimum atomic E-state index is -0.0131. The zero-order valence-corrected chi connectivity index (χ0v) is 15.8. The summed E-state index contributed by atoms with van der Waals surface area (Å²) in [6.45, 7) is 5.07. The van der Waals surface area contributed by atoms with Crippen LogP contribution in [0.5, 0.6) is 11.5 Å². The van der Waals surface area contributed by atoms with Crippen LogP contribution in [0.3, 0.4) is 0 Å². The largest absolute Gasteiger partial charge is 0.494 e. The monoisotopic (exact) mass is 370 g/mol. The molecular formula is C20H22N2O3S. The van der Waals surface area contributed by atoms with Gasteiger partial charge in [-0.3, -0.25) is 4.79 Å². The number of fused-ring (bicyclic) bond motifs is 1. The van der Waals surface area contributed by atoms with Gasteiger partial charge in [-0.25, -0.2) is 4.98 Å². The number of aryl methyl sites for hydroxylation is 1. The van der Waals surface area contributed by atoms with Gasteiger partial charge in [0.05, 0.1) is 28.4 Å². The molecule has 0 saturated heterocycles. The lowest BCUT2D eigenvalue weighted by Gasteiger charge is -2.08. The van der Waals surface area contributed by atoms with Crippen LogP contribution in [0.25, 0.3) is 10.2 Å². The number of carbonyl (C=O) groups is 1. The predicted octanol–water partition coefficient (Wildman–Crippen LogP) is 4.80. The van der Waals surface area contributed by atoms with E-state index in [-0.39, 0.29) is 5.91 Å². The average Bonchev–Trinajstić information content (AvgIpc) is 3.00. The number of anilines is 1. The molecule has 0 aliphatic rings. The van der Waals surface area contributed by atoms with Crippen molar-refractivity contribution in [2.45, 2.75) is 26.7 Å². The number of rotatable bonds is 8. The third-order valence-electron chi connectivity index (χ3n) is 3.73. The first-order chi connectivity index (χ1) is 12.6. The molecule has 0 unspecified atom stereocenters. The van der Waals surface area contributed by atoms with Crippen LogP contribution >= 0.6 is 11.3 Å². The van der Waals surface area contributed by atoms with Crippen molar-refractivity contribution >= 4 is 33.1 Å². The molecule has 0 fully saturated rings. The molecule has 0 spiro atoms. The Morgan fingerprint density at radius 2 is 1.85 bits per heavy atom. The van der Waals surface area contributed by atoms with Gasteiger partial charge in [0.2, 0.25) is 5.91 Å². The summed E-state index contributed by atoms with van der Waals surface area (Å²) < 4.78 is 12.1. The van der Waals surface area contributed by atoms with Crippen molar-refractivity contribution in [3.05, 3.63) is 47.5 Å². The molecule has 0 radical (unpaired) electrons. The fourth-order valence-electron chi connectivity index (χ4n) is 2.56. The van der Waals surface area contributed by atoms with Gasteiger partial charge < -0.3 is 14.8 Å². The first-order valence-corrected chi connectivity index (χ1v) is 9.48. The van der Waals surface area contributed by atoms with E-state index >= 15 is 0 Å². The van der Waals surface area contributed by atoms with Crippen molar-refractivity contribution in [1.82, 2.24) is 4.98 Å². The summed E-state index contributed by atoms with van der Waals surface area (Å²) in [5.41, 5.74) is 1.77. The molecule has 3 rings (SSSR count). The van der Waals surface area contributed by atoms with Gasteiger partial charge in [0, 0.05) is 12.1 Å². The van der Waals surface area contributed by atoms with E-state index in [0.29, 0.717) is 26.1 Å². The first kappa shape index (κ1) is 18.2. The number of hydrogen-bond acceptors (Lipinski definition) is 5. The number of hydrogen-bond donors (Lipinski definition) is 1. The summed E-state index contributed by atoms with van der Waals surface area (Å²) >= 11 is 1.63. The highest BCUT2D eigenvalue weighted by molar-refractivity contribution is 7.18. The Morgan fingerprint density at radius 3 is 2.58 bits per heavy atom. The Morgan fingerprint density at radius 1 is 1.12 bits per heavy atom. The molecule has 0 aliphatic heterocycles. The molecule has 1 amide bonds. The number of thiazole rings is 1. The second kappa shape index (κ2) is 8.67. The van der Waals surface area contributed by atoms with Gasteiger partial charge >= 0.3 is 0 Å². The smallest absolute Gasteiger partial charge is 0.224 e. The van der Waals surface area contributed by atoms with Crippen LogP contribution in [0.15, 0.2) is 42.5 Å². The summed E-state index contributed by atoms with van der Waals surface area (Å²) in [5, 5.41) is 3.95. The van der Waals surface area contributed by atoms with E-state index in [1.807, 2.05) is 56.3 Å². The lowest BCUT2D eigenvalue weighted by Crippen LogP contribution is -2.12. The third-order valence-corrected chi connectivity index (χ3v) is 4.66. The van der Waals surface area contributed by atoms with Crippen molar-refractivity contribution in [3.63, 3.8) is 0 Å². The molecule has 136 valence electrons. The van der Waals surface area contributed by atoms with Crippen molar-refractivity contribution in [2.75, 3.05) is 18.5 Å². The molecule has 2 aromatic carbocycles. The number of nitrogens with one attached hydrogen (secondary N) is 1. The third kappa shape index (κ3) is 4.95. The van der Waals surface area contributed by atoms with Crippen LogP contribution in [-0.4, -0.2) is 24.1 Å². The Bertz CT molecular complexity index is 874. The molecule has 1 N–H and O–H groups in total. The fourth-order valence-corrected chi connectivity index (χ4v) is 3.43. The average molecular weight is 370 g/mol. The zero-order chi connectivity index (χ0) is 18.4. The molecule has 3 aromatic rings. The number of ether oxygens (including phenoxy) is 2. The normalized spacial score (nSPS) is 10.7. The first-order valence-electron chi connectivity index (χ1n) is 8.67. The Hall–Kier alpha value is -2.60. The SMILES string of the molecule is CCOc1ccc(OCCCC(=O)Nc2ccc3nc(C)sc3c2)cc1. The van der Waals surface area contributed by atoms with Gasteiger partial charge in [-0.2, -0.15) is 0 Å². The Labute approximate surface area is 157 Å². The van der Waals surface area contributed by atoms with Gasteiger partial charge in [0.1, 0.15) is 11.5 Å². The highest BCUT2D eigenvalue weighted by atomic mass is 32.1. The van der Waals surface area contributed by atoms with Crippen LogP contribution in [0, 0.1) is 6.92 Å². The molecule has 0 atom stereocenters.